The van der Waals surface area contributed by atoms with E-state index in [2.05, 4.69) is 31.5 Å². The number of aromatic nitrogens is 1. The monoisotopic (exact) mass is 373 g/mol. The highest BCUT2D eigenvalue weighted by Gasteiger charge is 2.13. The fourth-order valence-corrected chi connectivity index (χ4v) is 3.25. The van der Waals surface area contributed by atoms with Gasteiger partial charge in [0, 0.05) is 16.1 Å². The topological polar surface area (TPSA) is 54.0 Å². The maximum absolute atomic E-state index is 12.2. The van der Waals surface area contributed by atoms with Gasteiger partial charge in [-0.2, -0.15) is 0 Å². The number of carbonyl (C=O) groups is 1. The normalized spacial score (nSPS) is 15.2. The van der Waals surface area contributed by atoms with Gasteiger partial charge in [0.2, 0.25) is 0 Å². The SMILES string of the molecule is O=C(Nc1ccc(NC2CCCCC2)cn1)c1cccc(Br)c1. The van der Waals surface area contributed by atoms with Gasteiger partial charge in [0.25, 0.3) is 5.91 Å². The Labute approximate surface area is 144 Å². The van der Waals surface area contributed by atoms with Crippen molar-refractivity contribution in [3.05, 3.63) is 52.6 Å². The Morgan fingerprint density at radius 2 is 1.96 bits per heavy atom. The van der Waals surface area contributed by atoms with Crippen molar-refractivity contribution >= 4 is 33.3 Å². The van der Waals surface area contributed by atoms with Crippen molar-refractivity contribution in [2.45, 2.75) is 38.1 Å². The van der Waals surface area contributed by atoms with E-state index in [9.17, 15) is 4.79 Å². The number of halogens is 1. The average Bonchev–Trinajstić information content (AvgIpc) is 2.57. The van der Waals surface area contributed by atoms with E-state index in [1.165, 1.54) is 32.1 Å². The highest BCUT2D eigenvalue weighted by Crippen LogP contribution is 2.22. The summed E-state index contributed by atoms with van der Waals surface area (Å²) in [7, 11) is 0. The number of benzene rings is 1. The highest BCUT2D eigenvalue weighted by molar-refractivity contribution is 9.10. The van der Waals surface area contributed by atoms with E-state index < -0.39 is 0 Å². The molecule has 2 N–H and O–H groups in total. The Bertz CT molecular complexity index is 666. The summed E-state index contributed by atoms with van der Waals surface area (Å²) in [5.41, 5.74) is 1.61. The van der Waals surface area contributed by atoms with Crippen LogP contribution in [0.5, 0.6) is 0 Å². The molecule has 0 unspecified atom stereocenters. The molecule has 1 heterocycles. The molecule has 1 saturated carbocycles. The minimum atomic E-state index is -0.160. The van der Waals surface area contributed by atoms with Crippen LogP contribution in [0.15, 0.2) is 47.1 Å². The van der Waals surface area contributed by atoms with Gasteiger partial charge in [-0.3, -0.25) is 4.79 Å². The number of hydrogen-bond acceptors (Lipinski definition) is 3. The Kier molecular flexibility index (Phi) is 5.28. The molecule has 1 aromatic heterocycles. The number of anilines is 2. The molecular weight excluding hydrogens is 354 g/mol. The van der Waals surface area contributed by atoms with Crippen molar-refractivity contribution in [2.24, 2.45) is 0 Å². The molecule has 1 aliphatic carbocycles. The van der Waals surface area contributed by atoms with Crippen LogP contribution >= 0.6 is 15.9 Å². The lowest BCUT2D eigenvalue weighted by atomic mass is 9.95. The molecule has 1 aromatic carbocycles. The predicted molar refractivity (Wildman–Crippen MR) is 96.8 cm³/mol. The summed E-state index contributed by atoms with van der Waals surface area (Å²) in [5.74, 6) is 0.399. The van der Waals surface area contributed by atoms with Crippen LogP contribution < -0.4 is 10.6 Å². The number of nitrogens with zero attached hydrogens (tertiary/aromatic N) is 1. The third-order valence-corrected chi connectivity index (χ3v) is 4.56. The first-order valence-electron chi connectivity index (χ1n) is 8.00. The molecule has 3 rings (SSSR count). The number of pyridine rings is 1. The number of nitrogens with one attached hydrogen (secondary N) is 2. The molecule has 1 aliphatic rings. The molecule has 0 saturated heterocycles. The van der Waals surface area contributed by atoms with Gasteiger partial charge in [-0.1, -0.05) is 41.3 Å². The summed E-state index contributed by atoms with van der Waals surface area (Å²) in [4.78, 5) is 16.5. The summed E-state index contributed by atoms with van der Waals surface area (Å²) in [6.07, 6.45) is 8.17. The first-order chi connectivity index (χ1) is 11.2. The summed E-state index contributed by atoms with van der Waals surface area (Å²) in [6, 6.07) is 11.6. The van der Waals surface area contributed by atoms with Crippen LogP contribution in [0.4, 0.5) is 11.5 Å². The Morgan fingerprint density at radius 1 is 1.13 bits per heavy atom. The maximum atomic E-state index is 12.2. The zero-order valence-corrected chi connectivity index (χ0v) is 14.5. The molecule has 0 atom stereocenters. The summed E-state index contributed by atoms with van der Waals surface area (Å²) in [6.45, 7) is 0. The highest BCUT2D eigenvalue weighted by atomic mass is 79.9. The van der Waals surface area contributed by atoms with Gasteiger partial charge in [-0.25, -0.2) is 4.98 Å². The quantitative estimate of drug-likeness (QED) is 0.805. The second kappa shape index (κ2) is 7.59. The van der Waals surface area contributed by atoms with Gasteiger partial charge < -0.3 is 10.6 Å². The van der Waals surface area contributed by atoms with Crippen molar-refractivity contribution in [1.82, 2.24) is 4.98 Å². The minimum Gasteiger partial charge on any atom is -0.381 e. The second-order valence-corrected chi connectivity index (χ2v) is 6.79. The maximum Gasteiger partial charge on any atom is 0.256 e. The van der Waals surface area contributed by atoms with Gasteiger partial charge in [-0.15, -0.1) is 0 Å². The molecule has 120 valence electrons. The number of hydrogen-bond donors (Lipinski definition) is 2. The molecule has 1 fully saturated rings. The van der Waals surface area contributed by atoms with Gasteiger partial charge in [0.1, 0.15) is 5.82 Å². The fourth-order valence-electron chi connectivity index (χ4n) is 2.85. The van der Waals surface area contributed by atoms with Crippen LogP contribution in [-0.2, 0) is 0 Å². The predicted octanol–water partition coefficient (Wildman–Crippen LogP) is 4.84. The Balaban J connectivity index is 1.59. The van der Waals surface area contributed by atoms with Crippen molar-refractivity contribution < 1.29 is 4.79 Å². The first-order valence-corrected chi connectivity index (χ1v) is 8.79. The zero-order valence-electron chi connectivity index (χ0n) is 12.9. The van der Waals surface area contributed by atoms with Crippen molar-refractivity contribution in [3.8, 4) is 0 Å². The lowest BCUT2D eigenvalue weighted by Crippen LogP contribution is -2.22. The van der Waals surface area contributed by atoms with Crippen LogP contribution in [0, 0.1) is 0 Å². The molecule has 0 bridgehead atoms. The van der Waals surface area contributed by atoms with E-state index in [0.29, 0.717) is 17.4 Å². The Morgan fingerprint density at radius 3 is 2.65 bits per heavy atom. The van der Waals surface area contributed by atoms with E-state index >= 15 is 0 Å². The first kappa shape index (κ1) is 16.0. The lowest BCUT2D eigenvalue weighted by molar-refractivity contribution is 0.102. The standard InChI is InChI=1S/C18H20BrN3O/c19-14-6-4-5-13(11-14)18(23)22-17-10-9-16(12-20-17)21-15-7-2-1-3-8-15/h4-6,9-12,15,21H,1-3,7-8H2,(H,20,22,23). The van der Waals surface area contributed by atoms with E-state index in [1.807, 2.05) is 24.3 Å². The van der Waals surface area contributed by atoms with E-state index in [-0.39, 0.29) is 5.91 Å². The summed E-state index contributed by atoms with van der Waals surface area (Å²) >= 11 is 3.37. The average molecular weight is 374 g/mol. The third kappa shape index (κ3) is 4.55. The molecular formula is C18H20BrN3O. The molecule has 23 heavy (non-hydrogen) atoms. The van der Waals surface area contributed by atoms with Crippen LogP contribution in [0.25, 0.3) is 0 Å². The van der Waals surface area contributed by atoms with Crippen LogP contribution in [-0.4, -0.2) is 16.9 Å². The number of carbonyl (C=O) groups excluding carboxylic acids is 1. The van der Waals surface area contributed by atoms with Crippen LogP contribution in [0.1, 0.15) is 42.5 Å². The smallest absolute Gasteiger partial charge is 0.256 e. The second-order valence-electron chi connectivity index (χ2n) is 5.88. The number of rotatable bonds is 4. The van der Waals surface area contributed by atoms with Crippen molar-refractivity contribution in [2.75, 3.05) is 10.6 Å². The zero-order chi connectivity index (χ0) is 16.1. The van der Waals surface area contributed by atoms with Gasteiger partial charge in [0.05, 0.1) is 11.9 Å². The van der Waals surface area contributed by atoms with Crippen LogP contribution in [0.2, 0.25) is 0 Å². The van der Waals surface area contributed by atoms with Crippen LogP contribution in [0.3, 0.4) is 0 Å². The Hall–Kier alpha value is -1.88. The molecule has 0 spiro atoms. The number of amides is 1. The molecule has 2 aromatic rings. The molecule has 5 heteroatoms. The van der Waals surface area contributed by atoms with Crippen molar-refractivity contribution in [1.29, 1.82) is 0 Å². The molecule has 0 radical (unpaired) electrons. The van der Waals surface area contributed by atoms with E-state index in [0.717, 1.165) is 10.2 Å². The van der Waals surface area contributed by atoms with E-state index in [4.69, 9.17) is 0 Å². The lowest BCUT2D eigenvalue weighted by Gasteiger charge is -2.23. The summed E-state index contributed by atoms with van der Waals surface area (Å²) in [5, 5.41) is 6.34. The van der Waals surface area contributed by atoms with Gasteiger partial charge >= 0.3 is 0 Å². The molecule has 1 amide bonds. The van der Waals surface area contributed by atoms with Crippen molar-refractivity contribution in [3.63, 3.8) is 0 Å². The molecule has 0 aliphatic heterocycles. The fraction of sp³-hybridized carbons (Fsp3) is 0.333. The third-order valence-electron chi connectivity index (χ3n) is 4.07. The van der Waals surface area contributed by atoms with Gasteiger partial charge in [0.15, 0.2) is 0 Å². The summed E-state index contributed by atoms with van der Waals surface area (Å²) < 4.78 is 0.880. The van der Waals surface area contributed by atoms with E-state index in [1.54, 1.807) is 18.3 Å². The largest absolute Gasteiger partial charge is 0.381 e. The van der Waals surface area contributed by atoms with Gasteiger partial charge in [-0.05, 0) is 43.2 Å². The molecule has 4 nitrogen and oxygen atoms in total. The minimum absolute atomic E-state index is 0.160.